The summed E-state index contributed by atoms with van der Waals surface area (Å²) in [6, 6.07) is 4.65. The van der Waals surface area contributed by atoms with Crippen LogP contribution in [0.2, 0.25) is 0 Å². The molecule has 1 N–H and O–H groups in total. The van der Waals surface area contributed by atoms with Crippen LogP contribution in [0.5, 0.6) is 0 Å². The summed E-state index contributed by atoms with van der Waals surface area (Å²) < 4.78 is 58.1. The summed E-state index contributed by atoms with van der Waals surface area (Å²) in [7, 11) is 0. The lowest BCUT2D eigenvalue weighted by Gasteiger charge is -2.51. The summed E-state index contributed by atoms with van der Waals surface area (Å²) in [6.07, 6.45) is -0.0928. The van der Waals surface area contributed by atoms with Gasteiger partial charge in [-0.2, -0.15) is 13.2 Å². The maximum absolute atomic E-state index is 14.6. The maximum Gasteiger partial charge on any atom is 0.389 e. The van der Waals surface area contributed by atoms with Crippen LogP contribution in [0.1, 0.15) is 37.8 Å². The number of hydrogen-bond donors (Lipinski definition) is 1. The SMILES string of the molecule is O=C(O)C1CC2(CCN(c3nc(CCC(F)(F)F)cnc3-c3cc(F)c4occc4c3)CC2)C1. The monoisotopic (exact) mass is 477 g/mol. The zero-order valence-corrected chi connectivity index (χ0v) is 18.2. The molecule has 2 aromatic heterocycles. The van der Waals surface area contributed by atoms with Crippen molar-refractivity contribution in [3.8, 4) is 11.3 Å². The number of carboxylic acid groups (broad SMARTS) is 1. The highest BCUT2D eigenvalue weighted by molar-refractivity contribution is 5.85. The van der Waals surface area contributed by atoms with Crippen molar-refractivity contribution in [3.05, 3.63) is 42.2 Å². The minimum absolute atomic E-state index is 0.0111. The fourth-order valence-electron chi connectivity index (χ4n) is 5.17. The summed E-state index contributed by atoms with van der Waals surface area (Å²) in [5.41, 5.74) is 1.19. The molecule has 34 heavy (non-hydrogen) atoms. The van der Waals surface area contributed by atoms with E-state index >= 15 is 0 Å². The van der Waals surface area contributed by atoms with E-state index < -0.39 is 24.4 Å². The Morgan fingerprint density at radius 1 is 1.24 bits per heavy atom. The minimum atomic E-state index is -4.31. The van der Waals surface area contributed by atoms with Gasteiger partial charge in [0.05, 0.1) is 17.9 Å². The van der Waals surface area contributed by atoms with E-state index in [0.29, 0.717) is 48.4 Å². The average molecular weight is 477 g/mol. The predicted octanol–water partition coefficient (Wildman–Crippen LogP) is 5.61. The number of benzene rings is 1. The number of piperidine rings is 1. The molecular weight excluding hydrogens is 454 g/mol. The van der Waals surface area contributed by atoms with Crippen LogP contribution in [0.15, 0.2) is 35.1 Å². The number of furan rings is 1. The zero-order chi connectivity index (χ0) is 24.1. The second kappa shape index (κ2) is 8.25. The first-order valence-electron chi connectivity index (χ1n) is 11.2. The molecule has 1 saturated heterocycles. The van der Waals surface area contributed by atoms with E-state index in [2.05, 4.69) is 9.97 Å². The van der Waals surface area contributed by atoms with Crippen molar-refractivity contribution in [2.24, 2.45) is 11.3 Å². The first-order chi connectivity index (χ1) is 16.1. The molecule has 3 aromatic rings. The van der Waals surface area contributed by atoms with Crippen molar-refractivity contribution in [1.82, 2.24) is 9.97 Å². The number of nitrogens with zero attached hydrogens (tertiary/aromatic N) is 3. The average Bonchev–Trinajstić information content (AvgIpc) is 3.25. The van der Waals surface area contributed by atoms with Gasteiger partial charge in [-0.05, 0) is 55.7 Å². The Hall–Kier alpha value is -3.17. The number of hydrogen-bond acceptors (Lipinski definition) is 5. The Morgan fingerprint density at radius 3 is 2.65 bits per heavy atom. The third-order valence-corrected chi connectivity index (χ3v) is 7.08. The largest absolute Gasteiger partial charge is 0.481 e. The molecule has 5 rings (SSSR count). The van der Waals surface area contributed by atoms with Gasteiger partial charge in [0.1, 0.15) is 5.69 Å². The van der Waals surface area contributed by atoms with E-state index in [1.54, 1.807) is 12.1 Å². The lowest BCUT2D eigenvalue weighted by atomic mass is 9.57. The van der Waals surface area contributed by atoms with E-state index in [-0.39, 0.29) is 29.0 Å². The Bertz CT molecular complexity index is 1220. The number of aryl methyl sites for hydroxylation is 1. The number of carboxylic acids is 1. The van der Waals surface area contributed by atoms with E-state index in [0.717, 1.165) is 12.8 Å². The molecule has 0 atom stereocenters. The second-order valence-corrected chi connectivity index (χ2v) is 9.38. The highest BCUT2D eigenvalue weighted by atomic mass is 19.4. The van der Waals surface area contributed by atoms with Crippen LogP contribution in [0.4, 0.5) is 23.4 Å². The van der Waals surface area contributed by atoms with E-state index in [4.69, 9.17) is 4.42 Å². The fourth-order valence-corrected chi connectivity index (χ4v) is 5.17. The smallest absolute Gasteiger partial charge is 0.389 e. The molecule has 10 heteroatoms. The first-order valence-corrected chi connectivity index (χ1v) is 11.2. The van der Waals surface area contributed by atoms with E-state index in [9.17, 15) is 27.5 Å². The number of aromatic nitrogens is 2. The molecular formula is C24H23F4N3O3. The molecule has 0 bridgehead atoms. The third-order valence-electron chi connectivity index (χ3n) is 7.08. The molecule has 1 spiro atoms. The van der Waals surface area contributed by atoms with Gasteiger partial charge in [-0.3, -0.25) is 9.78 Å². The molecule has 180 valence electrons. The van der Waals surface area contributed by atoms with Crippen LogP contribution < -0.4 is 4.90 Å². The second-order valence-electron chi connectivity index (χ2n) is 9.38. The normalized spacial score (nSPS) is 18.4. The molecule has 0 amide bonds. The van der Waals surface area contributed by atoms with E-state index in [1.165, 1.54) is 18.5 Å². The van der Waals surface area contributed by atoms with Crippen molar-refractivity contribution in [2.75, 3.05) is 18.0 Å². The van der Waals surface area contributed by atoms with Crippen LogP contribution in [-0.4, -0.2) is 40.3 Å². The number of halogens is 4. The summed E-state index contributed by atoms with van der Waals surface area (Å²) in [4.78, 5) is 22.1. The zero-order valence-electron chi connectivity index (χ0n) is 18.2. The molecule has 2 fully saturated rings. The molecule has 1 aliphatic carbocycles. The summed E-state index contributed by atoms with van der Waals surface area (Å²) in [6.45, 7) is 1.15. The maximum atomic E-state index is 14.6. The number of aliphatic carboxylic acids is 1. The molecule has 1 aromatic carbocycles. The van der Waals surface area contributed by atoms with Crippen LogP contribution in [0.3, 0.4) is 0 Å². The van der Waals surface area contributed by atoms with Crippen molar-refractivity contribution in [3.63, 3.8) is 0 Å². The summed E-state index contributed by atoms with van der Waals surface area (Å²) in [5.74, 6) is -1.21. The standard InChI is InChI=1S/C24H23F4N3O3/c25-18-10-15(9-14-2-8-34-20(14)18)19-21(30-17(13-29-19)1-3-24(26,27)28)31-6-4-23(5-7-31)11-16(12-23)22(32)33/h2,8-10,13,16H,1,3-7,11-12H2,(H,32,33). The Labute approximate surface area is 192 Å². The fraction of sp³-hybridized carbons (Fsp3) is 0.458. The summed E-state index contributed by atoms with van der Waals surface area (Å²) in [5, 5.41) is 9.77. The molecule has 1 saturated carbocycles. The first kappa shape index (κ1) is 22.6. The topological polar surface area (TPSA) is 79.5 Å². The van der Waals surface area contributed by atoms with Gasteiger partial charge in [0.25, 0.3) is 0 Å². The molecule has 0 radical (unpaired) electrons. The van der Waals surface area contributed by atoms with Gasteiger partial charge < -0.3 is 14.4 Å². The van der Waals surface area contributed by atoms with Gasteiger partial charge in [-0.25, -0.2) is 9.37 Å². The van der Waals surface area contributed by atoms with Gasteiger partial charge >= 0.3 is 12.1 Å². The lowest BCUT2D eigenvalue weighted by molar-refractivity contribution is -0.151. The number of anilines is 1. The Morgan fingerprint density at radius 2 is 1.97 bits per heavy atom. The van der Waals surface area contributed by atoms with Gasteiger partial charge in [0.15, 0.2) is 17.2 Å². The quantitative estimate of drug-likeness (QED) is 0.482. The Kier molecular flexibility index (Phi) is 5.49. The molecule has 0 unspecified atom stereocenters. The van der Waals surface area contributed by atoms with Gasteiger partial charge in [0, 0.05) is 36.7 Å². The van der Waals surface area contributed by atoms with Gasteiger partial charge in [-0.15, -0.1) is 0 Å². The van der Waals surface area contributed by atoms with Crippen molar-refractivity contribution < 1.29 is 31.9 Å². The van der Waals surface area contributed by atoms with Crippen LogP contribution in [0.25, 0.3) is 22.2 Å². The Balaban J connectivity index is 1.45. The number of rotatable bonds is 5. The van der Waals surface area contributed by atoms with Gasteiger partial charge in [0.2, 0.25) is 0 Å². The van der Waals surface area contributed by atoms with Crippen molar-refractivity contribution in [1.29, 1.82) is 0 Å². The summed E-state index contributed by atoms with van der Waals surface area (Å²) >= 11 is 0. The number of fused-ring (bicyclic) bond motifs is 1. The van der Waals surface area contributed by atoms with Crippen LogP contribution >= 0.6 is 0 Å². The van der Waals surface area contributed by atoms with Crippen LogP contribution in [0, 0.1) is 17.2 Å². The third kappa shape index (κ3) is 4.33. The molecule has 6 nitrogen and oxygen atoms in total. The predicted molar refractivity (Wildman–Crippen MR) is 116 cm³/mol. The van der Waals surface area contributed by atoms with E-state index in [1.807, 2.05) is 4.90 Å². The van der Waals surface area contributed by atoms with Crippen LogP contribution in [-0.2, 0) is 11.2 Å². The minimum Gasteiger partial charge on any atom is -0.481 e. The number of alkyl halides is 3. The lowest BCUT2D eigenvalue weighted by Crippen LogP contribution is -2.49. The molecule has 3 heterocycles. The molecule has 2 aliphatic rings. The van der Waals surface area contributed by atoms with Crippen molar-refractivity contribution in [2.45, 2.75) is 44.7 Å². The van der Waals surface area contributed by atoms with Crippen molar-refractivity contribution >= 4 is 22.8 Å². The van der Waals surface area contributed by atoms with Gasteiger partial charge in [-0.1, -0.05) is 0 Å². The highest BCUT2D eigenvalue weighted by Gasteiger charge is 2.48. The highest BCUT2D eigenvalue weighted by Crippen LogP contribution is 2.53. The number of carbonyl (C=O) groups is 1. The molecule has 1 aliphatic heterocycles.